The van der Waals surface area contributed by atoms with Gasteiger partial charge >= 0.3 is 6.18 Å². The van der Waals surface area contributed by atoms with Crippen molar-refractivity contribution in [3.8, 4) is 5.69 Å². The molecule has 1 aromatic carbocycles. The Bertz CT molecular complexity index is 1180. The second-order valence-electron chi connectivity index (χ2n) is 9.17. The number of aromatic nitrogens is 3. The normalized spacial score (nSPS) is 15.4. The molecule has 180 valence electrons. The van der Waals surface area contributed by atoms with E-state index in [1.54, 1.807) is 36.7 Å². The van der Waals surface area contributed by atoms with Crippen molar-refractivity contribution in [1.82, 2.24) is 14.8 Å². The van der Waals surface area contributed by atoms with Crippen LogP contribution in [0, 0.1) is 0 Å². The third-order valence-electron chi connectivity index (χ3n) is 6.08. The van der Waals surface area contributed by atoms with Gasteiger partial charge in [-0.15, -0.1) is 0 Å². The molecule has 0 radical (unpaired) electrons. The zero-order valence-corrected chi connectivity index (χ0v) is 19.1. The molecule has 0 spiro atoms. The minimum Gasteiger partial charge on any atom is -0.386 e. The number of aliphatic hydroxyl groups is 1. The number of pyridine rings is 1. The number of carbonyl (C=O) groups excluding carboxylic acids is 1. The molecule has 2 heterocycles. The molecule has 4 rings (SSSR count). The number of rotatable bonds is 5. The predicted molar refractivity (Wildman–Crippen MR) is 122 cm³/mol. The van der Waals surface area contributed by atoms with Crippen molar-refractivity contribution in [2.24, 2.45) is 0 Å². The zero-order chi connectivity index (χ0) is 24.5. The van der Waals surface area contributed by atoms with Gasteiger partial charge in [-0.2, -0.15) is 18.3 Å². The fraction of sp³-hybridized carbons (Fsp3) is 0.400. The molecule has 2 N–H and O–H groups in total. The first-order chi connectivity index (χ1) is 16.0. The van der Waals surface area contributed by atoms with Crippen molar-refractivity contribution in [2.45, 2.75) is 63.6 Å². The van der Waals surface area contributed by atoms with E-state index < -0.39 is 23.4 Å². The summed E-state index contributed by atoms with van der Waals surface area (Å²) in [4.78, 5) is 16.1. The maximum atomic E-state index is 13.0. The van der Waals surface area contributed by atoms with Gasteiger partial charge in [0.25, 0.3) is 5.91 Å². The smallest absolute Gasteiger partial charge is 0.386 e. The molecule has 0 aliphatic heterocycles. The van der Waals surface area contributed by atoms with Crippen LogP contribution in [0.5, 0.6) is 0 Å². The first kappa shape index (κ1) is 23.9. The Morgan fingerprint density at radius 1 is 1.09 bits per heavy atom. The number of alkyl halides is 3. The highest BCUT2D eigenvalue weighted by atomic mass is 19.4. The fourth-order valence-corrected chi connectivity index (χ4v) is 4.29. The van der Waals surface area contributed by atoms with Crippen LogP contribution in [0.1, 0.15) is 79.3 Å². The van der Waals surface area contributed by atoms with Crippen LogP contribution in [0.25, 0.3) is 5.69 Å². The Balaban J connectivity index is 1.61. The van der Waals surface area contributed by atoms with Crippen LogP contribution >= 0.6 is 0 Å². The number of nitrogens with zero attached hydrogens (tertiary/aromatic N) is 3. The number of hydrogen-bond acceptors (Lipinski definition) is 4. The highest BCUT2D eigenvalue weighted by Gasteiger charge is 2.33. The number of amides is 1. The summed E-state index contributed by atoms with van der Waals surface area (Å²) in [5.74, 6) is -0.356. The SMILES string of the molecule is CC(C)(O)c1cc(-n2ccc(C3CCCCC3)n2)ccc1NC(=O)c1cccc(C(F)(F)F)n1. The van der Waals surface area contributed by atoms with Crippen molar-refractivity contribution < 1.29 is 23.1 Å². The molecule has 9 heteroatoms. The first-order valence-electron chi connectivity index (χ1n) is 11.3. The van der Waals surface area contributed by atoms with Crippen LogP contribution in [0.3, 0.4) is 0 Å². The van der Waals surface area contributed by atoms with E-state index in [2.05, 4.69) is 10.3 Å². The number of halogens is 3. The number of carbonyl (C=O) groups is 1. The van der Waals surface area contributed by atoms with Gasteiger partial charge in [-0.25, -0.2) is 9.67 Å². The van der Waals surface area contributed by atoms with Gasteiger partial charge < -0.3 is 10.4 Å². The summed E-state index contributed by atoms with van der Waals surface area (Å²) < 4.78 is 40.6. The first-order valence-corrected chi connectivity index (χ1v) is 11.3. The van der Waals surface area contributed by atoms with E-state index in [9.17, 15) is 23.1 Å². The lowest BCUT2D eigenvalue weighted by molar-refractivity contribution is -0.141. The Morgan fingerprint density at radius 3 is 2.50 bits per heavy atom. The molecule has 6 nitrogen and oxygen atoms in total. The van der Waals surface area contributed by atoms with Gasteiger partial charge in [0.2, 0.25) is 0 Å². The molecule has 0 saturated heterocycles. The standard InChI is InChI=1S/C25H27F3N4O2/c1-24(2,34)18-15-17(32-14-13-19(31-32)16-7-4-3-5-8-16)11-12-20(18)30-23(33)21-9-6-10-22(29-21)25(26,27)28/h6,9-16,34H,3-5,7-8H2,1-2H3,(H,30,33). The number of hydrogen-bond donors (Lipinski definition) is 2. The van der Waals surface area contributed by atoms with Gasteiger partial charge in [-0.1, -0.05) is 25.3 Å². The molecular formula is C25H27F3N4O2. The molecule has 34 heavy (non-hydrogen) atoms. The molecule has 1 fully saturated rings. The van der Waals surface area contributed by atoms with Crippen LogP contribution in [-0.4, -0.2) is 25.8 Å². The summed E-state index contributed by atoms with van der Waals surface area (Å²) in [5, 5.41) is 18.1. The Morgan fingerprint density at radius 2 is 1.82 bits per heavy atom. The molecular weight excluding hydrogens is 445 g/mol. The fourth-order valence-electron chi connectivity index (χ4n) is 4.29. The van der Waals surface area contributed by atoms with E-state index in [0.717, 1.165) is 30.7 Å². The Kier molecular flexibility index (Phi) is 6.49. The molecule has 1 saturated carbocycles. The molecule has 1 amide bonds. The quantitative estimate of drug-likeness (QED) is 0.491. The highest BCUT2D eigenvalue weighted by molar-refractivity contribution is 6.03. The molecule has 0 atom stereocenters. The third kappa shape index (κ3) is 5.30. The van der Waals surface area contributed by atoms with Crippen LogP contribution in [0.15, 0.2) is 48.7 Å². The minimum atomic E-state index is -4.66. The van der Waals surface area contributed by atoms with Gasteiger partial charge in [0, 0.05) is 23.4 Å². The second-order valence-corrected chi connectivity index (χ2v) is 9.17. The van der Waals surface area contributed by atoms with E-state index in [4.69, 9.17) is 5.10 Å². The zero-order valence-electron chi connectivity index (χ0n) is 19.1. The monoisotopic (exact) mass is 472 g/mol. The summed E-state index contributed by atoms with van der Waals surface area (Å²) in [7, 11) is 0. The van der Waals surface area contributed by atoms with Gasteiger partial charge in [-0.05, 0) is 63.1 Å². The third-order valence-corrected chi connectivity index (χ3v) is 6.08. The topological polar surface area (TPSA) is 80.0 Å². The van der Waals surface area contributed by atoms with E-state index in [0.29, 0.717) is 17.2 Å². The molecule has 2 aromatic heterocycles. The van der Waals surface area contributed by atoms with E-state index >= 15 is 0 Å². The summed E-state index contributed by atoms with van der Waals surface area (Å²) in [6, 6.07) is 10.2. The maximum Gasteiger partial charge on any atom is 0.433 e. The van der Waals surface area contributed by atoms with Crippen LogP contribution < -0.4 is 5.32 Å². The molecule has 1 aliphatic rings. The summed E-state index contributed by atoms with van der Waals surface area (Å²) >= 11 is 0. The van der Waals surface area contributed by atoms with Crippen LogP contribution in [0.2, 0.25) is 0 Å². The van der Waals surface area contributed by atoms with Crippen LogP contribution in [0.4, 0.5) is 18.9 Å². The summed E-state index contributed by atoms with van der Waals surface area (Å²) in [6.45, 7) is 3.14. The maximum absolute atomic E-state index is 13.0. The lowest BCUT2D eigenvalue weighted by atomic mass is 9.87. The number of nitrogens with one attached hydrogen (secondary N) is 1. The lowest BCUT2D eigenvalue weighted by Crippen LogP contribution is -2.22. The summed E-state index contributed by atoms with van der Waals surface area (Å²) in [5.41, 5.74) is -0.429. The molecule has 1 aliphatic carbocycles. The average Bonchev–Trinajstić information content (AvgIpc) is 3.29. The van der Waals surface area contributed by atoms with E-state index in [1.165, 1.54) is 25.3 Å². The van der Waals surface area contributed by atoms with Gasteiger partial charge in [0.1, 0.15) is 11.4 Å². The summed E-state index contributed by atoms with van der Waals surface area (Å²) in [6.07, 6.45) is 3.13. The molecule has 0 bridgehead atoms. The van der Waals surface area contributed by atoms with Crippen molar-refractivity contribution in [2.75, 3.05) is 5.32 Å². The van der Waals surface area contributed by atoms with Crippen LogP contribution in [-0.2, 0) is 11.8 Å². The van der Waals surface area contributed by atoms with Crippen molar-refractivity contribution in [3.63, 3.8) is 0 Å². The largest absolute Gasteiger partial charge is 0.433 e. The minimum absolute atomic E-state index is 0.278. The van der Waals surface area contributed by atoms with Crippen molar-refractivity contribution >= 4 is 11.6 Å². The molecule has 0 unspecified atom stereocenters. The molecule has 3 aromatic rings. The van der Waals surface area contributed by atoms with Gasteiger partial charge in [0.05, 0.1) is 17.0 Å². The predicted octanol–water partition coefficient (Wildman–Crippen LogP) is 5.81. The number of anilines is 1. The van der Waals surface area contributed by atoms with E-state index in [1.807, 2.05) is 12.3 Å². The van der Waals surface area contributed by atoms with E-state index in [-0.39, 0.29) is 11.4 Å². The average molecular weight is 473 g/mol. The Hall–Kier alpha value is -3.20. The van der Waals surface area contributed by atoms with Gasteiger partial charge in [0.15, 0.2) is 0 Å². The van der Waals surface area contributed by atoms with Crippen molar-refractivity contribution in [3.05, 3.63) is 71.3 Å². The van der Waals surface area contributed by atoms with Gasteiger partial charge in [-0.3, -0.25) is 4.79 Å². The number of benzene rings is 1. The highest BCUT2D eigenvalue weighted by Crippen LogP contribution is 2.33. The Labute approximate surface area is 195 Å². The van der Waals surface area contributed by atoms with Crippen molar-refractivity contribution in [1.29, 1.82) is 0 Å². The second kappa shape index (κ2) is 9.21. The lowest BCUT2D eigenvalue weighted by Gasteiger charge is -2.23.